The van der Waals surface area contributed by atoms with Crippen LogP contribution >= 0.6 is 0 Å². The zero-order chi connectivity index (χ0) is 23.3. The number of allylic oxidation sites excluding steroid dienone is 2. The smallest absolute Gasteiger partial charge is 0.264 e. The second-order valence-corrected chi connectivity index (χ2v) is 9.95. The number of ether oxygens (including phenoxy) is 2. The Morgan fingerprint density at radius 1 is 1.03 bits per heavy atom. The average Bonchev–Trinajstić information content (AvgIpc) is 3.38. The van der Waals surface area contributed by atoms with E-state index in [1.807, 2.05) is 30.3 Å². The largest absolute Gasteiger partial charge is 0.454 e. The molecule has 2 aromatic rings. The fourth-order valence-corrected chi connectivity index (χ4v) is 4.67. The monoisotopic (exact) mass is 471 g/mol. The highest BCUT2D eigenvalue weighted by Gasteiger charge is 2.28. The van der Waals surface area contributed by atoms with Crippen molar-refractivity contribution in [2.24, 2.45) is 0 Å². The molecule has 0 bridgehead atoms. The van der Waals surface area contributed by atoms with Crippen LogP contribution in [-0.2, 0) is 32.1 Å². The standard InChI is InChI=1S/C25H29NO6S/c1-33(28,29)32-13-11-20-14-23-24(31-17-30-23)15-21(20)25-19(9-10-22(25)27)8-5-12-26-16-18-6-3-2-4-7-18/h2-4,6-7,14-15,26H,5,8-13,16-17H2,1H3. The molecule has 0 spiro atoms. The first-order chi connectivity index (χ1) is 15.9. The van der Waals surface area contributed by atoms with E-state index in [0.717, 1.165) is 60.9 Å². The lowest BCUT2D eigenvalue weighted by Gasteiger charge is -2.14. The second-order valence-electron chi connectivity index (χ2n) is 8.31. The topological polar surface area (TPSA) is 90.9 Å². The lowest BCUT2D eigenvalue weighted by atomic mass is 9.92. The summed E-state index contributed by atoms with van der Waals surface area (Å²) < 4.78 is 38.7. The number of nitrogens with one attached hydrogen (secondary N) is 1. The van der Waals surface area contributed by atoms with Gasteiger partial charge in [0.15, 0.2) is 17.3 Å². The molecule has 7 nitrogen and oxygen atoms in total. The zero-order valence-electron chi connectivity index (χ0n) is 18.8. The van der Waals surface area contributed by atoms with Crippen LogP contribution in [0.5, 0.6) is 11.5 Å². The summed E-state index contributed by atoms with van der Waals surface area (Å²) >= 11 is 0. The van der Waals surface area contributed by atoms with Crippen LogP contribution in [0.25, 0.3) is 5.57 Å². The van der Waals surface area contributed by atoms with Crippen LogP contribution in [0.4, 0.5) is 0 Å². The first-order valence-electron chi connectivity index (χ1n) is 11.2. The highest BCUT2D eigenvalue weighted by molar-refractivity contribution is 7.85. The van der Waals surface area contributed by atoms with E-state index in [9.17, 15) is 13.2 Å². The molecule has 0 aromatic heterocycles. The molecule has 0 saturated carbocycles. The molecular weight excluding hydrogens is 442 g/mol. The van der Waals surface area contributed by atoms with E-state index < -0.39 is 10.1 Å². The molecule has 0 amide bonds. The lowest BCUT2D eigenvalue weighted by Crippen LogP contribution is -2.14. The molecule has 0 unspecified atom stereocenters. The summed E-state index contributed by atoms with van der Waals surface area (Å²) in [7, 11) is -3.54. The number of carbonyl (C=O) groups excluding carboxylic acids is 1. The Kier molecular flexibility index (Phi) is 7.47. The molecule has 0 fully saturated rings. The number of Topliss-reactive ketones (excluding diaryl/α,β-unsaturated/α-hetero) is 1. The molecule has 2 aromatic carbocycles. The summed E-state index contributed by atoms with van der Waals surface area (Å²) in [4.78, 5) is 12.9. The molecule has 176 valence electrons. The molecule has 0 atom stereocenters. The minimum absolute atomic E-state index is 0.00564. The maximum Gasteiger partial charge on any atom is 0.264 e. The molecular formula is C25H29NO6S. The number of carbonyl (C=O) groups is 1. The zero-order valence-corrected chi connectivity index (χ0v) is 19.6. The van der Waals surface area contributed by atoms with Gasteiger partial charge in [-0.1, -0.05) is 35.9 Å². The number of fused-ring (bicyclic) bond motifs is 1. The van der Waals surface area contributed by atoms with E-state index in [1.165, 1.54) is 5.56 Å². The van der Waals surface area contributed by atoms with Crippen LogP contribution in [0.15, 0.2) is 48.0 Å². The van der Waals surface area contributed by atoms with E-state index in [0.29, 0.717) is 24.3 Å². The molecule has 1 heterocycles. The summed E-state index contributed by atoms with van der Waals surface area (Å²) in [5, 5.41) is 3.46. The molecule has 0 radical (unpaired) electrons. The fraction of sp³-hybridized carbons (Fsp3) is 0.400. The fourth-order valence-electron chi connectivity index (χ4n) is 4.28. The highest BCUT2D eigenvalue weighted by atomic mass is 32.2. The third kappa shape index (κ3) is 6.22. The Morgan fingerprint density at radius 2 is 1.79 bits per heavy atom. The third-order valence-corrected chi connectivity index (χ3v) is 6.42. The predicted molar refractivity (Wildman–Crippen MR) is 126 cm³/mol. The summed E-state index contributed by atoms with van der Waals surface area (Å²) in [6, 6.07) is 13.9. The number of ketones is 1. The Balaban J connectivity index is 1.48. The SMILES string of the molecule is CS(=O)(=O)OCCc1cc2c(cc1C1=C(CCCNCc3ccccc3)CCC1=O)OCO2. The molecule has 33 heavy (non-hydrogen) atoms. The quantitative estimate of drug-likeness (QED) is 0.395. The normalized spacial score (nSPS) is 15.5. The van der Waals surface area contributed by atoms with Gasteiger partial charge in [0.25, 0.3) is 10.1 Å². The molecule has 1 N–H and O–H groups in total. The van der Waals surface area contributed by atoms with E-state index in [4.69, 9.17) is 13.7 Å². The van der Waals surface area contributed by atoms with Gasteiger partial charge in [0, 0.05) is 18.5 Å². The Morgan fingerprint density at radius 3 is 2.55 bits per heavy atom. The van der Waals surface area contributed by atoms with Crippen LogP contribution in [0.3, 0.4) is 0 Å². The van der Waals surface area contributed by atoms with Crippen molar-refractivity contribution in [3.8, 4) is 11.5 Å². The van der Waals surface area contributed by atoms with Crippen molar-refractivity contribution in [2.45, 2.75) is 38.6 Å². The molecule has 8 heteroatoms. The summed E-state index contributed by atoms with van der Waals surface area (Å²) in [6.45, 7) is 1.81. The van der Waals surface area contributed by atoms with Crippen LogP contribution in [0.2, 0.25) is 0 Å². The van der Waals surface area contributed by atoms with Crippen LogP contribution in [0, 0.1) is 0 Å². The van der Waals surface area contributed by atoms with Gasteiger partial charge in [-0.15, -0.1) is 0 Å². The average molecular weight is 472 g/mol. The van der Waals surface area contributed by atoms with E-state index >= 15 is 0 Å². The third-order valence-electron chi connectivity index (χ3n) is 5.83. The van der Waals surface area contributed by atoms with Gasteiger partial charge in [-0.05, 0) is 61.1 Å². The molecule has 1 aliphatic heterocycles. The van der Waals surface area contributed by atoms with Gasteiger partial charge in [-0.25, -0.2) is 0 Å². The van der Waals surface area contributed by atoms with Crippen LogP contribution in [-0.4, -0.2) is 40.4 Å². The van der Waals surface area contributed by atoms with Gasteiger partial charge in [0.2, 0.25) is 6.79 Å². The molecule has 1 aliphatic carbocycles. The van der Waals surface area contributed by atoms with Gasteiger partial charge >= 0.3 is 0 Å². The Bertz CT molecular complexity index is 1140. The van der Waals surface area contributed by atoms with Crippen molar-refractivity contribution in [3.05, 3.63) is 64.7 Å². The van der Waals surface area contributed by atoms with Crippen molar-refractivity contribution >= 4 is 21.5 Å². The molecule has 2 aliphatic rings. The number of hydrogen-bond donors (Lipinski definition) is 1. The van der Waals surface area contributed by atoms with Crippen LogP contribution in [0.1, 0.15) is 42.4 Å². The maximum absolute atomic E-state index is 12.9. The van der Waals surface area contributed by atoms with Crippen molar-refractivity contribution in [3.63, 3.8) is 0 Å². The van der Waals surface area contributed by atoms with E-state index in [-0.39, 0.29) is 19.2 Å². The van der Waals surface area contributed by atoms with Gasteiger partial charge in [-0.2, -0.15) is 8.42 Å². The minimum Gasteiger partial charge on any atom is -0.454 e. The highest BCUT2D eigenvalue weighted by Crippen LogP contribution is 2.41. The van der Waals surface area contributed by atoms with E-state index in [1.54, 1.807) is 0 Å². The van der Waals surface area contributed by atoms with Crippen molar-refractivity contribution in [1.82, 2.24) is 5.32 Å². The molecule has 4 rings (SSSR count). The first kappa shape index (κ1) is 23.5. The maximum atomic E-state index is 12.9. The Labute approximate surface area is 194 Å². The van der Waals surface area contributed by atoms with Crippen molar-refractivity contribution in [2.75, 3.05) is 26.2 Å². The van der Waals surface area contributed by atoms with E-state index in [2.05, 4.69) is 17.4 Å². The van der Waals surface area contributed by atoms with Gasteiger partial charge in [0.05, 0.1) is 12.9 Å². The van der Waals surface area contributed by atoms with Gasteiger partial charge in [-0.3, -0.25) is 8.98 Å². The number of benzene rings is 2. The minimum atomic E-state index is -3.54. The second kappa shape index (κ2) is 10.5. The van der Waals surface area contributed by atoms with Crippen molar-refractivity contribution in [1.29, 1.82) is 0 Å². The number of hydrogen-bond acceptors (Lipinski definition) is 7. The van der Waals surface area contributed by atoms with Gasteiger partial charge < -0.3 is 14.8 Å². The lowest BCUT2D eigenvalue weighted by molar-refractivity contribution is -0.113. The molecule has 0 saturated heterocycles. The van der Waals surface area contributed by atoms with Crippen molar-refractivity contribution < 1.29 is 26.9 Å². The summed E-state index contributed by atoms with van der Waals surface area (Å²) in [5.41, 5.74) is 4.75. The van der Waals surface area contributed by atoms with Gasteiger partial charge in [0.1, 0.15) is 0 Å². The predicted octanol–water partition coefficient (Wildman–Crippen LogP) is 3.62. The number of rotatable bonds is 11. The first-order valence-corrected chi connectivity index (χ1v) is 13.0. The summed E-state index contributed by atoms with van der Waals surface area (Å²) in [5.74, 6) is 1.33. The Hall–Kier alpha value is -2.68. The van der Waals surface area contributed by atoms with Crippen LogP contribution < -0.4 is 14.8 Å². The summed E-state index contributed by atoms with van der Waals surface area (Å²) in [6.07, 6.45) is 4.38.